The van der Waals surface area contributed by atoms with E-state index in [1.165, 1.54) is 0 Å². The Morgan fingerprint density at radius 2 is 2.15 bits per heavy atom. The summed E-state index contributed by atoms with van der Waals surface area (Å²) in [5.41, 5.74) is 2.12. The van der Waals surface area contributed by atoms with E-state index in [1.807, 2.05) is 12.1 Å². The van der Waals surface area contributed by atoms with Crippen LogP contribution in [0.25, 0.3) is 11.0 Å². The van der Waals surface area contributed by atoms with Crippen molar-refractivity contribution in [2.24, 2.45) is 0 Å². The van der Waals surface area contributed by atoms with Crippen LogP contribution in [0.4, 0.5) is 0 Å². The van der Waals surface area contributed by atoms with Gasteiger partial charge >= 0.3 is 5.97 Å². The number of nitrogens with zero attached hydrogens (tertiary/aromatic N) is 2. The molecule has 1 aromatic carbocycles. The maximum absolute atomic E-state index is 10.5. The number of imidazole rings is 1. The predicted molar refractivity (Wildman–Crippen MR) is 83.0 cm³/mol. The van der Waals surface area contributed by atoms with E-state index >= 15 is 0 Å². The second kappa shape index (κ2) is 6.39. The van der Waals surface area contributed by atoms with Gasteiger partial charge in [-0.15, -0.1) is 0 Å². The Labute approximate surface area is 126 Å². The molecule has 0 saturated carbocycles. The predicted octanol–water partition coefficient (Wildman–Crippen LogP) is 4.18. The molecule has 0 bridgehead atoms. The summed E-state index contributed by atoms with van der Waals surface area (Å²) in [7, 11) is 0. The molecule has 0 aliphatic carbocycles. The van der Waals surface area contributed by atoms with Crippen LogP contribution in [0, 0.1) is 0 Å². The average Bonchev–Trinajstić information content (AvgIpc) is 2.71. The Balaban J connectivity index is 2.23. The van der Waals surface area contributed by atoms with Crippen molar-refractivity contribution in [2.45, 2.75) is 45.6 Å². The molecule has 1 heterocycles. The van der Waals surface area contributed by atoms with Gasteiger partial charge in [-0.2, -0.15) is 0 Å². The number of carbonyl (C=O) groups is 1. The van der Waals surface area contributed by atoms with E-state index < -0.39 is 5.97 Å². The largest absolute Gasteiger partial charge is 0.481 e. The number of unbranched alkanes of at least 4 members (excludes halogenated alkanes) is 1. The highest BCUT2D eigenvalue weighted by Gasteiger charge is 2.13. The number of aromatic nitrogens is 2. The van der Waals surface area contributed by atoms with Gasteiger partial charge in [-0.1, -0.05) is 15.9 Å². The van der Waals surface area contributed by atoms with Crippen molar-refractivity contribution < 1.29 is 9.90 Å². The summed E-state index contributed by atoms with van der Waals surface area (Å²) in [6, 6.07) is 6.47. The molecule has 1 N–H and O–H groups in total. The molecule has 2 rings (SSSR count). The fraction of sp³-hybridized carbons (Fsp3) is 0.467. The Bertz CT molecular complexity index is 620. The van der Waals surface area contributed by atoms with Crippen LogP contribution in [0.15, 0.2) is 22.7 Å². The number of fused-ring (bicyclic) bond motifs is 1. The van der Waals surface area contributed by atoms with Gasteiger partial charge in [0.25, 0.3) is 0 Å². The molecule has 1 aromatic heterocycles. The SMILES string of the molecule is CC(C)n1c(CCCCC(=O)O)nc2cc(Br)ccc21. The van der Waals surface area contributed by atoms with E-state index in [-0.39, 0.29) is 6.42 Å². The maximum atomic E-state index is 10.5. The molecule has 0 radical (unpaired) electrons. The number of carboxylic acids is 1. The Morgan fingerprint density at radius 3 is 2.80 bits per heavy atom. The van der Waals surface area contributed by atoms with Gasteiger partial charge in [0.2, 0.25) is 0 Å². The van der Waals surface area contributed by atoms with Crippen molar-refractivity contribution in [3.05, 3.63) is 28.5 Å². The molecule has 0 amide bonds. The third kappa shape index (κ3) is 3.39. The molecule has 0 saturated heterocycles. The van der Waals surface area contributed by atoms with Crippen molar-refractivity contribution in [3.8, 4) is 0 Å². The fourth-order valence-electron chi connectivity index (χ4n) is 2.43. The van der Waals surface area contributed by atoms with Gasteiger partial charge in [0.1, 0.15) is 5.82 Å². The Hall–Kier alpha value is -1.36. The number of hydrogen-bond donors (Lipinski definition) is 1. The summed E-state index contributed by atoms with van der Waals surface area (Å²) in [4.78, 5) is 15.2. The summed E-state index contributed by atoms with van der Waals surface area (Å²) >= 11 is 3.47. The van der Waals surface area contributed by atoms with Crippen molar-refractivity contribution in [3.63, 3.8) is 0 Å². The third-order valence-electron chi connectivity index (χ3n) is 3.28. The summed E-state index contributed by atoms with van der Waals surface area (Å²) in [6.45, 7) is 4.29. The highest BCUT2D eigenvalue weighted by molar-refractivity contribution is 9.10. The van der Waals surface area contributed by atoms with E-state index in [0.29, 0.717) is 12.5 Å². The van der Waals surface area contributed by atoms with Crippen LogP contribution in [-0.4, -0.2) is 20.6 Å². The number of benzene rings is 1. The summed E-state index contributed by atoms with van der Waals surface area (Å²) in [6.07, 6.45) is 2.59. The zero-order valence-corrected chi connectivity index (χ0v) is 13.4. The monoisotopic (exact) mass is 338 g/mol. The number of carboxylic acid groups (broad SMARTS) is 1. The van der Waals surface area contributed by atoms with Gasteiger partial charge < -0.3 is 9.67 Å². The number of hydrogen-bond acceptors (Lipinski definition) is 2. The van der Waals surface area contributed by atoms with Crippen LogP contribution in [0.3, 0.4) is 0 Å². The fourth-order valence-corrected chi connectivity index (χ4v) is 2.78. The summed E-state index contributed by atoms with van der Waals surface area (Å²) < 4.78 is 3.26. The number of aliphatic carboxylic acids is 1. The molecular formula is C15H19BrN2O2. The minimum absolute atomic E-state index is 0.230. The maximum Gasteiger partial charge on any atom is 0.303 e. The first kappa shape index (κ1) is 15.0. The lowest BCUT2D eigenvalue weighted by Gasteiger charge is -2.12. The Morgan fingerprint density at radius 1 is 1.40 bits per heavy atom. The molecular weight excluding hydrogens is 320 g/mol. The van der Waals surface area contributed by atoms with Crippen LogP contribution in [-0.2, 0) is 11.2 Å². The minimum atomic E-state index is -0.730. The standard InChI is InChI=1S/C15H19BrN2O2/c1-10(2)18-13-8-7-11(16)9-12(13)17-14(18)5-3-4-6-15(19)20/h7-10H,3-6H2,1-2H3,(H,19,20). The average molecular weight is 339 g/mol. The first-order valence-corrected chi connectivity index (χ1v) is 7.66. The summed E-state index contributed by atoms with van der Waals surface area (Å²) in [5.74, 6) is 0.310. The quantitative estimate of drug-likeness (QED) is 0.804. The van der Waals surface area contributed by atoms with Gasteiger partial charge in [0, 0.05) is 23.4 Å². The molecule has 108 valence electrons. The highest BCUT2D eigenvalue weighted by Crippen LogP contribution is 2.25. The molecule has 0 aliphatic rings. The number of aryl methyl sites for hydroxylation is 1. The second-order valence-corrected chi connectivity index (χ2v) is 6.14. The topological polar surface area (TPSA) is 55.1 Å². The third-order valence-corrected chi connectivity index (χ3v) is 3.78. The molecule has 4 nitrogen and oxygen atoms in total. The van der Waals surface area contributed by atoms with Crippen molar-refractivity contribution in [1.82, 2.24) is 9.55 Å². The van der Waals surface area contributed by atoms with Crippen LogP contribution in [0.2, 0.25) is 0 Å². The number of halogens is 1. The van der Waals surface area contributed by atoms with Crippen LogP contribution in [0.5, 0.6) is 0 Å². The molecule has 0 spiro atoms. The van der Waals surface area contributed by atoms with Gasteiger partial charge in [-0.25, -0.2) is 4.98 Å². The van der Waals surface area contributed by atoms with E-state index in [1.54, 1.807) is 0 Å². The molecule has 20 heavy (non-hydrogen) atoms. The van der Waals surface area contributed by atoms with Gasteiger partial charge in [0.15, 0.2) is 0 Å². The van der Waals surface area contributed by atoms with Crippen LogP contribution < -0.4 is 0 Å². The molecule has 0 unspecified atom stereocenters. The van der Waals surface area contributed by atoms with Crippen LogP contribution in [0.1, 0.15) is 45.0 Å². The molecule has 0 aliphatic heterocycles. The van der Waals surface area contributed by atoms with Crippen LogP contribution >= 0.6 is 15.9 Å². The Kier molecular flexibility index (Phi) is 4.81. The summed E-state index contributed by atoms with van der Waals surface area (Å²) in [5, 5.41) is 8.67. The molecule has 2 aromatic rings. The zero-order valence-electron chi connectivity index (χ0n) is 11.8. The lowest BCUT2D eigenvalue weighted by molar-refractivity contribution is -0.137. The zero-order chi connectivity index (χ0) is 14.7. The smallest absolute Gasteiger partial charge is 0.303 e. The lowest BCUT2D eigenvalue weighted by atomic mass is 10.2. The number of rotatable bonds is 6. The van der Waals surface area contributed by atoms with Gasteiger partial charge in [-0.3, -0.25) is 4.79 Å². The van der Waals surface area contributed by atoms with E-state index in [4.69, 9.17) is 10.1 Å². The minimum Gasteiger partial charge on any atom is -0.481 e. The lowest BCUT2D eigenvalue weighted by Crippen LogP contribution is -2.06. The van der Waals surface area contributed by atoms with Crippen molar-refractivity contribution in [2.75, 3.05) is 0 Å². The van der Waals surface area contributed by atoms with Gasteiger partial charge in [-0.05, 0) is 44.9 Å². The molecule has 5 heteroatoms. The first-order chi connectivity index (χ1) is 9.49. The van der Waals surface area contributed by atoms with E-state index in [2.05, 4.69) is 40.4 Å². The second-order valence-electron chi connectivity index (χ2n) is 5.23. The molecule has 0 fully saturated rings. The first-order valence-electron chi connectivity index (χ1n) is 6.87. The van der Waals surface area contributed by atoms with E-state index in [0.717, 1.165) is 34.2 Å². The van der Waals surface area contributed by atoms with Gasteiger partial charge in [0.05, 0.1) is 11.0 Å². The normalized spacial score (nSPS) is 11.4. The highest BCUT2D eigenvalue weighted by atomic mass is 79.9. The molecule has 0 atom stereocenters. The van der Waals surface area contributed by atoms with Crippen molar-refractivity contribution >= 4 is 32.9 Å². The van der Waals surface area contributed by atoms with E-state index in [9.17, 15) is 4.79 Å². The van der Waals surface area contributed by atoms with Crippen molar-refractivity contribution in [1.29, 1.82) is 0 Å².